The van der Waals surface area contributed by atoms with Gasteiger partial charge in [0.25, 0.3) is 0 Å². The van der Waals surface area contributed by atoms with E-state index in [1.807, 2.05) is 0 Å². The largest absolute Gasteiger partial charge is 0.368 e. The Labute approximate surface area is 113 Å². The average Bonchev–Trinajstić information content (AvgIpc) is 3.23. The van der Waals surface area contributed by atoms with Gasteiger partial charge in [0, 0.05) is 18.7 Å². The topological polar surface area (TPSA) is 20.3 Å². The van der Waals surface area contributed by atoms with Crippen LogP contribution in [0.5, 0.6) is 0 Å². The quantitative estimate of drug-likeness (QED) is 0.728. The van der Waals surface area contributed by atoms with E-state index < -0.39 is 0 Å². The number of hydrogen-bond acceptors (Lipinski definition) is 2. The van der Waals surface area contributed by atoms with E-state index in [1.54, 1.807) is 12.1 Å². The summed E-state index contributed by atoms with van der Waals surface area (Å²) in [7, 11) is 0. The molecule has 3 rings (SSSR count). The fourth-order valence-corrected chi connectivity index (χ4v) is 2.60. The number of carbonyl (C=O) groups excluding carboxylic acids is 1. The number of carbonyl (C=O) groups is 1. The summed E-state index contributed by atoms with van der Waals surface area (Å²) in [5, 5.41) is 0. The van der Waals surface area contributed by atoms with Gasteiger partial charge in [-0.1, -0.05) is 6.07 Å². The van der Waals surface area contributed by atoms with Crippen molar-refractivity contribution in [1.82, 2.24) is 0 Å². The zero-order chi connectivity index (χ0) is 13.4. The van der Waals surface area contributed by atoms with Crippen molar-refractivity contribution in [3.8, 4) is 0 Å². The highest BCUT2D eigenvalue weighted by molar-refractivity contribution is 5.99. The van der Waals surface area contributed by atoms with Crippen molar-refractivity contribution in [1.29, 1.82) is 0 Å². The molecule has 102 valence electrons. The lowest BCUT2D eigenvalue weighted by Crippen LogP contribution is -2.30. The maximum absolute atomic E-state index is 14.2. The first-order valence-corrected chi connectivity index (χ1v) is 7.19. The Morgan fingerprint density at radius 1 is 1.21 bits per heavy atom. The molecule has 0 aliphatic heterocycles. The Bertz CT molecular complexity index is 478. The van der Waals surface area contributed by atoms with Gasteiger partial charge in [-0.15, -0.1) is 0 Å². The minimum atomic E-state index is -0.256. The zero-order valence-electron chi connectivity index (χ0n) is 11.4. The molecule has 0 N–H and O–H groups in total. The van der Waals surface area contributed by atoms with E-state index in [4.69, 9.17) is 0 Å². The molecule has 0 saturated heterocycles. The summed E-state index contributed by atoms with van der Waals surface area (Å²) >= 11 is 0. The normalized spacial score (nSPS) is 18.4. The highest BCUT2D eigenvalue weighted by Gasteiger charge is 2.31. The minimum absolute atomic E-state index is 0.0499. The van der Waals surface area contributed by atoms with Gasteiger partial charge in [-0.05, 0) is 56.6 Å². The van der Waals surface area contributed by atoms with Crippen LogP contribution in [-0.4, -0.2) is 18.9 Å². The van der Waals surface area contributed by atoms with E-state index in [0.29, 0.717) is 23.1 Å². The molecule has 2 fully saturated rings. The molecule has 0 atom stereocenters. The summed E-state index contributed by atoms with van der Waals surface area (Å²) in [6.07, 6.45) is 4.96. The number of halogens is 1. The SMILES string of the molecule is CC(=O)c1cccc(F)c1N(CC1CC1)CC1CC1. The third kappa shape index (κ3) is 2.96. The van der Waals surface area contributed by atoms with Gasteiger partial charge in [0.15, 0.2) is 5.78 Å². The standard InChI is InChI=1S/C16H20FNO/c1-11(19)14-3-2-4-15(17)16(14)18(9-12-5-6-12)10-13-7-8-13/h2-4,12-13H,5-10H2,1H3. The first-order chi connectivity index (χ1) is 9.15. The highest BCUT2D eigenvalue weighted by Crippen LogP contribution is 2.37. The van der Waals surface area contributed by atoms with Crippen molar-refractivity contribution >= 4 is 11.5 Å². The first-order valence-electron chi connectivity index (χ1n) is 7.19. The van der Waals surface area contributed by atoms with Crippen molar-refractivity contribution < 1.29 is 9.18 Å². The molecule has 0 bridgehead atoms. The average molecular weight is 261 g/mol. The smallest absolute Gasteiger partial charge is 0.161 e. The molecule has 2 aliphatic rings. The summed E-state index contributed by atoms with van der Waals surface area (Å²) < 4.78 is 14.2. The second-order valence-electron chi connectivity index (χ2n) is 5.98. The number of hydrogen-bond donors (Lipinski definition) is 0. The number of nitrogens with zero attached hydrogens (tertiary/aromatic N) is 1. The van der Waals surface area contributed by atoms with E-state index in [0.717, 1.165) is 13.1 Å². The van der Waals surface area contributed by atoms with Crippen molar-refractivity contribution in [2.45, 2.75) is 32.6 Å². The molecule has 2 saturated carbocycles. The van der Waals surface area contributed by atoms with Crippen LogP contribution < -0.4 is 4.90 Å². The van der Waals surface area contributed by atoms with Gasteiger partial charge >= 0.3 is 0 Å². The number of ketones is 1. The van der Waals surface area contributed by atoms with Crippen LogP contribution in [0.4, 0.5) is 10.1 Å². The van der Waals surface area contributed by atoms with Gasteiger partial charge in [-0.25, -0.2) is 4.39 Å². The van der Waals surface area contributed by atoms with Crippen LogP contribution in [0.1, 0.15) is 43.0 Å². The second-order valence-corrected chi connectivity index (χ2v) is 5.98. The summed E-state index contributed by atoms with van der Waals surface area (Å²) in [6.45, 7) is 3.32. The molecule has 0 spiro atoms. The van der Waals surface area contributed by atoms with E-state index in [9.17, 15) is 9.18 Å². The van der Waals surface area contributed by atoms with Crippen molar-refractivity contribution in [2.24, 2.45) is 11.8 Å². The summed E-state index contributed by atoms with van der Waals surface area (Å²) in [6, 6.07) is 4.84. The molecule has 0 amide bonds. The summed E-state index contributed by atoms with van der Waals surface area (Å²) in [4.78, 5) is 13.9. The molecular formula is C16H20FNO. The van der Waals surface area contributed by atoms with Gasteiger partial charge in [0.2, 0.25) is 0 Å². The fraction of sp³-hybridized carbons (Fsp3) is 0.562. The number of anilines is 1. The first kappa shape index (κ1) is 12.6. The van der Waals surface area contributed by atoms with E-state index in [2.05, 4.69) is 4.90 Å². The van der Waals surface area contributed by atoms with Crippen LogP contribution in [0.2, 0.25) is 0 Å². The Morgan fingerprint density at radius 3 is 2.26 bits per heavy atom. The molecule has 19 heavy (non-hydrogen) atoms. The lowest BCUT2D eigenvalue weighted by atomic mass is 10.1. The predicted octanol–water partition coefficient (Wildman–Crippen LogP) is 3.65. The third-order valence-corrected chi connectivity index (χ3v) is 4.03. The van der Waals surface area contributed by atoms with Gasteiger partial charge in [0.05, 0.1) is 5.69 Å². The van der Waals surface area contributed by atoms with E-state index in [-0.39, 0.29) is 11.6 Å². The van der Waals surface area contributed by atoms with Crippen LogP contribution in [0.25, 0.3) is 0 Å². The zero-order valence-corrected chi connectivity index (χ0v) is 11.4. The Morgan fingerprint density at radius 2 is 1.79 bits per heavy atom. The van der Waals surface area contributed by atoms with Crippen LogP contribution in [0.3, 0.4) is 0 Å². The van der Waals surface area contributed by atoms with Crippen molar-refractivity contribution in [2.75, 3.05) is 18.0 Å². The molecule has 0 radical (unpaired) electrons. The molecule has 2 nitrogen and oxygen atoms in total. The molecule has 1 aromatic carbocycles. The molecule has 0 aromatic heterocycles. The highest BCUT2D eigenvalue weighted by atomic mass is 19.1. The Balaban J connectivity index is 1.92. The number of Topliss-reactive ketones (excluding diaryl/α,β-unsaturated/α-hetero) is 1. The lowest BCUT2D eigenvalue weighted by molar-refractivity contribution is 0.101. The molecule has 1 aromatic rings. The monoisotopic (exact) mass is 261 g/mol. The maximum Gasteiger partial charge on any atom is 0.161 e. The van der Waals surface area contributed by atoms with Crippen molar-refractivity contribution in [3.63, 3.8) is 0 Å². The number of rotatable bonds is 6. The molecule has 0 unspecified atom stereocenters. The van der Waals surface area contributed by atoms with Crippen LogP contribution in [-0.2, 0) is 0 Å². The lowest BCUT2D eigenvalue weighted by Gasteiger charge is -2.27. The molecule has 2 aliphatic carbocycles. The molecule has 0 heterocycles. The third-order valence-electron chi connectivity index (χ3n) is 4.03. The Kier molecular flexibility index (Phi) is 3.29. The Hall–Kier alpha value is -1.38. The van der Waals surface area contributed by atoms with Crippen molar-refractivity contribution in [3.05, 3.63) is 29.6 Å². The minimum Gasteiger partial charge on any atom is -0.368 e. The fourth-order valence-electron chi connectivity index (χ4n) is 2.60. The van der Waals surface area contributed by atoms with Gasteiger partial charge < -0.3 is 4.90 Å². The van der Waals surface area contributed by atoms with Gasteiger partial charge in [-0.2, -0.15) is 0 Å². The number of para-hydroxylation sites is 1. The van der Waals surface area contributed by atoms with Gasteiger partial charge in [-0.3, -0.25) is 4.79 Å². The number of benzene rings is 1. The van der Waals surface area contributed by atoms with Crippen LogP contribution in [0.15, 0.2) is 18.2 Å². The van der Waals surface area contributed by atoms with Gasteiger partial charge in [0.1, 0.15) is 5.82 Å². The van der Waals surface area contributed by atoms with E-state index >= 15 is 0 Å². The van der Waals surface area contributed by atoms with Crippen LogP contribution >= 0.6 is 0 Å². The predicted molar refractivity (Wildman–Crippen MR) is 74.1 cm³/mol. The van der Waals surface area contributed by atoms with Crippen LogP contribution in [0, 0.1) is 17.7 Å². The second kappa shape index (κ2) is 4.95. The maximum atomic E-state index is 14.2. The molecule has 3 heteroatoms. The molecular weight excluding hydrogens is 241 g/mol. The van der Waals surface area contributed by atoms with E-state index in [1.165, 1.54) is 38.7 Å². The summed E-state index contributed by atoms with van der Waals surface area (Å²) in [5.74, 6) is 1.08. The summed E-state index contributed by atoms with van der Waals surface area (Å²) in [5.41, 5.74) is 1.06.